The molecule has 1 radical (unpaired) electrons. The standard InChI is InChI=1S/C4H6NO2/c1-6-4-2-5-3-7-4/h2-4H,1H3. The van der Waals surface area contributed by atoms with E-state index in [1.807, 2.05) is 0 Å². The lowest BCUT2D eigenvalue weighted by atomic mass is 10.7. The minimum Gasteiger partial charge on any atom is -0.351 e. The summed E-state index contributed by atoms with van der Waals surface area (Å²) in [6, 6.07) is 0. The molecule has 0 aromatic heterocycles. The number of hydrogen-bond donors (Lipinski definition) is 0. The first-order chi connectivity index (χ1) is 3.43. The summed E-state index contributed by atoms with van der Waals surface area (Å²) in [4.78, 5) is 3.64. The molecule has 7 heavy (non-hydrogen) atoms. The quantitative estimate of drug-likeness (QED) is 0.470. The smallest absolute Gasteiger partial charge is 0.197 e. The van der Waals surface area contributed by atoms with E-state index in [1.54, 1.807) is 13.3 Å². The second-order valence-electron chi connectivity index (χ2n) is 1.14. The average Bonchev–Trinajstić information content (AvgIpc) is 2.14. The molecule has 0 bridgehead atoms. The molecule has 1 aliphatic heterocycles. The summed E-state index contributed by atoms with van der Waals surface area (Å²) in [5.41, 5.74) is 0. The van der Waals surface area contributed by atoms with Crippen LogP contribution in [0, 0.1) is 6.73 Å². The summed E-state index contributed by atoms with van der Waals surface area (Å²) in [5.74, 6) is 0. The molecule has 1 unspecified atom stereocenters. The van der Waals surface area contributed by atoms with Gasteiger partial charge < -0.3 is 9.47 Å². The van der Waals surface area contributed by atoms with E-state index in [0.29, 0.717) is 0 Å². The highest BCUT2D eigenvalue weighted by Gasteiger charge is 2.06. The zero-order chi connectivity index (χ0) is 5.11. The highest BCUT2D eigenvalue weighted by molar-refractivity contribution is 5.63. The van der Waals surface area contributed by atoms with Gasteiger partial charge in [-0.1, -0.05) is 0 Å². The van der Waals surface area contributed by atoms with Crippen LogP contribution in [-0.4, -0.2) is 19.6 Å². The Labute approximate surface area is 42.0 Å². The van der Waals surface area contributed by atoms with Crippen LogP contribution in [-0.2, 0) is 9.47 Å². The van der Waals surface area contributed by atoms with Crippen LogP contribution in [0.25, 0.3) is 0 Å². The average molecular weight is 100 g/mol. The van der Waals surface area contributed by atoms with Crippen molar-refractivity contribution in [1.29, 1.82) is 0 Å². The number of nitrogens with zero attached hydrogens (tertiary/aromatic N) is 1. The third-order valence-corrected chi connectivity index (χ3v) is 0.696. The molecule has 1 aliphatic rings. The third kappa shape index (κ3) is 0.976. The van der Waals surface area contributed by atoms with Crippen molar-refractivity contribution in [2.75, 3.05) is 7.11 Å². The Morgan fingerprint density at radius 2 is 2.71 bits per heavy atom. The molecule has 3 nitrogen and oxygen atoms in total. The Morgan fingerprint density at radius 1 is 1.86 bits per heavy atom. The van der Waals surface area contributed by atoms with Crippen molar-refractivity contribution < 1.29 is 9.47 Å². The summed E-state index contributed by atoms with van der Waals surface area (Å²) in [6.45, 7) is 1.36. The van der Waals surface area contributed by atoms with Crippen LogP contribution in [0.4, 0.5) is 0 Å². The number of ether oxygens (including phenoxy) is 2. The van der Waals surface area contributed by atoms with Crippen LogP contribution in [0.2, 0.25) is 0 Å². The van der Waals surface area contributed by atoms with Gasteiger partial charge in [0, 0.05) is 7.11 Å². The molecule has 0 amide bonds. The molecular formula is C4H6NO2. The number of rotatable bonds is 1. The Bertz CT molecular complexity index is 81.8. The fourth-order valence-electron chi connectivity index (χ4n) is 0.352. The summed E-state index contributed by atoms with van der Waals surface area (Å²) in [5, 5.41) is 0. The van der Waals surface area contributed by atoms with Crippen LogP contribution >= 0.6 is 0 Å². The normalized spacial score (nSPS) is 29.0. The van der Waals surface area contributed by atoms with E-state index < -0.39 is 0 Å². The van der Waals surface area contributed by atoms with Crippen molar-refractivity contribution in [2.45, 2.75) is 6.29 Å². The van der Waals surface area contributed by atoms with E-state index in [0.717, 1.165) is 0 Å². The van der Waals surface area contributed by atoms with E-state index in [1.165, 1.54) is 6.73 Å². The van der Waals surface area contributed by atoms with Gasteiger partial charge >= 0.3 is 0 Å². The lowest BCUT2D eigenvalue weighted by Crippen LogP contribution is -2.08. The zero-order valence-electron chi connectivity index (χ0n) is 4.00. The number of hydrogen-bond acceptors (Lipinski definition) is 3. The zero-order valence-corrected chi connectivity index (χ0v) is 4.00. The van der Waals surface area contributed by atoms with Gasteiger partial charge in [-0.15, -0.1) is 0 Å². The van der Waals surface area contributed by atoms with Crippen molar-refractivity contribution >= 4 is 6.21 Å². The molecule has 0 saturated heterocycles. The number of aliphatic imine (C=N–C) groups is 1. The van der Waals surface area contributed by atoms with Gasteiger partial charge in [0.1, 0.15) is 0 Å². The van der Waals surface area contributed by atoms with Crippen molar-refractivity contribution in [3.8, 4) is 0 Å². The molecule has 0 aromatic carbocycles. The van der Waals surface area contributed by atoms with Crippen molar-refractivity contribution in [2.24, 2.45) is 4.99 Å². The maximum absolute atomic E-state index is 4.73. The molecule has 0 N–H and O–H groups in total. The van der Waals surface area contributed by atoms with Gasteiger partial charge in [0.2, 0.25) is 0 Å². The molecule has 3 heteroatoms. The van der Waals surface area contributed by atoms with Crippen LogP contribution in [0.3, 0.4) is 0 Å². The molecular weight excluding hydrogens is 94.0 g/mol. The van der Waals surface area contributed by atoms with E-state index in [2.05, 4.69) is 4.99 Å². The summed E-state index contributed by atoms with van der Waals surface area (Å²) >= 11 is 0. The van der Waals surface area contributed by atoms with Crippen LogP contribution < -0.4 is 0 Å². The van der Waals surface area contributed by atoms with Gasteiger partial charge in [0.15, 0.2) is 13.0 Å². The molecule has 1 rings (SSSR count). The predicted molar refractivity (Wildman–Crippen MR) is 24.7 cm³/mol. The SMILES string of the molecule is COC1C=N[CH]O1. The lowest BCUT2D eigenvalue weighted by Gasteiger charge is -1.99. The van der Waals surface area contributed by atoms with E-state index in [-0.39, 0.29) is 6.29 Å². The molecule has 1 heterocycles. The Hall–Kier alpha value is -0.410. The van der Waals surface area contributed by atoms with Crippen molar-refractivity contribution in [3.63, 3.8) is 0 Å². The number of methoxy groups -OCH3 is 1. The first-order valence-electron chi connectivity index (χ1n) is 1.97. The molecule has 0 fully saturated rings. The van der Waals surface area contributed by atoms with Gasteiger partial charge in [0.25, 0.3) is 0 Å². The van der Waals surface area contributed by atoms with Crippen LogP contribution in [0.1, 0.15) is 0 Å². The molecule has 0 saturated carbocycles. The van der Waals surface area contributed by atoms with Crippen LogP contribution in [0.15, 0.2) is 4.99 Å². The van der Waals surface area contributed by atoms with Crippen molar-refractivity contribution in [3.05, 3.63) is 6.73 Å². The van der Waals surface area contributed by atoms with Gasteiger partial charge in [-0.25, -0.2) is 0 Å². The first kappa shape index (κ1) is 4.74. The van der Waals surface area contributed by atoms with E-state index >= 15 is 0 Å². The maximum atomic E-state index is 4.73. The summed E-state index contributed by atoms with van der Waals surface area (Å²) in [6.07, 6.45) is 1.33. The largest absolute Gasteiger partial charge is 0.351 e. The molecule has 0 aromatic rings. The Balaban J connectivity index is 2.28. The fourth-order valence-corrected chi connectivity index (χ4v) is 0.352. The lowest BCUT2D eigenvalue weighted by molar-refractivity contribution is -0.0344. The predicted octanol–water partition coefficient (Wildman–Crippen LogP) is 0.179. The fraction of sp³-hybridized carbons (Fsp3) is 0.500. The van der Waals surface area contributed by atoms with Gasteiger partial charge in [-0.05, 0) is 0 Å². The first-order valence-corrected chi connectivity index (χ1v) is 1.97. The highest BCUT2D eigenvalue weighted by atomic mass is 16.7. The maximum Gasteiger partial charge on any atom is 0.197 e. The second kappa shape index (κ2) is 2.04. The molecule has 0 aliphatic carbocycles. The van der Waals surface area contributed by atoms with E-state index in [4.69, 9.17) is 9.47 Å². The monoisotopic (exact) mass is 100 g/mol. The second-order valence-corrected chi connectivity index (χ2v) is 1.14. The van der Waals surface area contributed by atoms with Gasteiger partial charge in [-0.2, -0.15) is 0 Å². The van der Waals surface area contributed by atoms with Crippen LogP contribution in [0.5, 0.6) is 0 Å². The minimum atomic E-state index is -0.250. The minimum absolute atomic E-state index is 0.250. The topological polar surface area (TPSA) is 30.8 Å². The third-order valence-electron chi connectivity index (χ3n) is 0.696. The van der Waals surface area contributed by atoms with Gasteiger partial charge in [0.05, 0.1) is 6.21 Å². The summed E-state index contributed by atoms with van der Waals surface area (Å²) < 4.78 is 9.44. The Kier molecular flexibility index (Phi) is 1.38. The molecule has 0 spiro atoms. The summed E-state index contributed by atoms with van der Waals surface area (Å²) in [7, 11) is 1.57. The Morgan fingerprint density at radius 3 is 3.00 bits per heavy atom. The molecule has 1 atom stereocenters. The molecule has 39 valence electrons. The van der Waals surface area contributed by atoms with Gasteiger partial charge in [-0.3, -0.25) is 4.99 Å². The van der Waals surface area contributed by atoms with E-state index in [9.17, 15) is 0 Å². The van der Waals surface area contributed by atoms with Crippen molar-refractivity contribution in [1.82, 2.24) is 0 Å². The highest BCUT2D eigenvalue weighted by Crippen LogP contribution is 1.99.